The molecule has 2 aromatic rings. The summed E-state index contributed by atoms with van der Waals surface area (Å²) in [6.45, 7) is 1.05. The number of hydrogen-bond acceptors (Lipinski definition) is 4. The van der Waals surface area contributed by atoms with Crippen molar-refractivity contribution in [3.05, 3.63) is 34.9 Å². The average molecular weight is 342 g/mol. The Morgan fingerprint density at radius 3 is 2.48 bits per heavy atom. The normalized spacial score (nSPS) is 19.8. The smallest absolute Gasteiger partial charge is 0.169 e. The third-order valence-electron chi connectivity index (χ3n) is 5.84. The highest BCUT2D eigenvalue weighted by atomic mass is 16.5. The lowest BCUT2D eigenvalue weighted by Gasteiger charge is -2.46. The van der Waals surface area contributed by atoms with Crippen LogP contribution in [0, 0.1) is 0 Å². The fraction of sp³-hybridized carbons (Fsp3) is 0.400. The van der Waals surface area contributed by atoms with Crippen LogP contribution in [-0.2, 0) is 12.8 Å². The predicted octanol–water partition coefficient (Wildman–Crippen LogP) is 3.01. The van der Waals surface area contributed by atoms with E-state index >= 15 is 0 Å². The van der Waals surface area contributed by atoms with E-state index in [9.17, 15) is 10.2 Å². The van der Waals surface area contributed by atoms with Gasteiger partial charge in [0.15, 0.2) is 23.0 Å². The molecule has 4 rings (SSSR count). The Hall–Kier alpha value is -2.40. The number of likely N-dealkylation sites (N-methyl/N-ethyl adjacent to an activating group) is 1. The molecule has 2 aromatic carbocycles. The fourth-order valence-electron chi connectivity index (χ4n) is 4.44. The number of methoxy groups -OCH3 is 2. The second-order valence-electron chi connectivity index (χ2n) is 7.50. The molecule has 132 valence electrons. The van der Waals surface area contributed by atoms with Crippen LogP contribution in [0.5, 0.6) is 23.0 Å². The van der Waals surface area contributed by atoms with Crippen molar-refractivity contribution >= 4 is 0 Å². The van der Waals surface area contributed by atoms with E-state index < -0.39 is 0 Å². The quantitative estimate of drug-likeness (QED) is 0.651. The van der Waals surface area contributed by atoms with Gasteiger partial charge in [-0.25, -0.2) is 0 Å². The highest BCUT2D eigenvalue weighted by Gasteiger charge is 2.44. The summed E-state index contributed by atoms with van der Waals surface area (Å²) in [5.41, 5.74) is 5.01. The Morgan fingerprint density at radius 1 is 1.04 bits per heavy atom. The maximum absolute atomic E-state index is 10.6. The SMILES string of the molecule is COc1cc2c3c(c1OC)-c1c(ccc(O)c1O)CC3[N+](C)(C)CC2. The van der Waals surface area contributed by atoms with Gasteiger partial charge in [0.05, 0.1) is 34.9 Å². The van der Waals surface area contributed by atoms with E-state index in [0.29, 0.717) is 17.1 Å². The molecule has 2 N–H and O–H groups in total. The predicted molar refractivity (Wildman–Crippen MR) is 95.4 cm³/mol. The van der Waals surface area contributed by atoms with Crippen molar-refractivity contribution in [1.29, 1.82) is 0 Å². The summed E-state index contributed by atoms with van der Waals surface area (Å²) >= 11 is 0. The number of quaternary nitrogens is 1. The highest BCUT2D eigenvalue weighted by molar-refractivity contribution is 5.88. The molecule has 1 heterocycles. The van der Waals surface area contributed by atoms with Crippen LogP contribution in [-0.4, -0.2) is 49.6 Å². The molecule has 0 fully saturated rings. The van der Waals surface area contributed by atoms with Gasteiger partial charge in [0.25, 0.3) is 0 Å². The van der Waals surface area contributed by atoms with Gasteiger partial charge in [0, 0.05) is 29.5 Å². The van der Waals surface area contributed by atoms with Crippen LogP contribution in [0.4, 0.5) is 0 Å². The summed E-state index contributed by atoms with van der Waals surface area (Å²) in [4.78, 5) is 0. The number of nitrogens with zero attached hydrogens (tertiary/aromatic N) is 1. The first-order valence-electron chi connectivity index (χ1n) is 8.53. The van der Waals surface area contributed by atoms with Crippen molar-refractivity contribution in [3.8, 4) is 34.1 Å². The molecule has 0 spiro atoms. The van der Waals surface area contributed by atoms with Gasteiger partial charge in [-0.05, 0) is 23.3 Å². The van der Waals surface area contributed by atoms with Crippen LogP contribution in [0.25, 0.3) is 11.1 Å². The van der Waals surface area contributed by atoms with Gasteiger partial charge in [0.1, 0.15) is 6.04 Å². The lowest BCUT2D eigenvalue weighted by molar-refractivity contribution is -0.923. The van der Waals surface area contributed by atoms with Crippen molar-refractivity contribution in [1.82, 2.24) is 0 Å². The molecule has 0 aromatic heterocycles. The Balaban J connectivity index is 2.14. The molecular weight excluding hydrogens is 318 g/mol. The summed E-state index contributed by atoms with van der Waals surface area (Å²) in [7, 11) is 7.74. The largest absolute Gasteiger partial charge is 0.504 e. The zero-order chi connectivity index (χ0) is 17.9. The molecule has 1 unspecified atom stereocenters. The van der Waals surface area contributed by atoms with Crippen molar-refractivity contribution in [2.75, 3.05) is 34.9 Å². The Labute approximate surface area is 147 Å². The van der Waals surface area contributed by atoms with Gasteiger partial charge < -0.3 is 24.2 Å². The second-order valence-corrected chi connectivity index (χ2v) is 7.50. The number of aromatic hydroxyl groups is 2. The minimum Gasteiger partial charge on any atom is -0.504 e. The number of hydrogen-bond donors (Lipinski definition) is 2. The summed E-state index contributed by atoms with van der Waals surface area (Å²) in [5.74, 6) is 1.09. The van der Waals surface area contributed by atoms with Gasteiger partial charge in [-0.1, -0.05) is 6.07 Å². The van der Waals surface area contributed by atoms with Gasteiger partial charge in [0.2, 0.25) is 0 Å². The molecule has 0 saturated heterocycles. The molecule has 0 bridgehead atoms. The second kappa shape index (κ2) is 5.30. The summed E-state index contributed by atoms with van der Waals surface area (Å²) in [6.07, 6.45) is 1.77. The molecule has 1 atom stereocenters. The Kier molecular flexibility index (Phi) is 3.41. The van der Waals surface area contributed by atoms with Crippen LogP contribution < -0.4 is 9.47 Å². The van der Waals surface area contributed by atoms with E-state index in [1.807, 2.05) is 6.07 Å². The zero-order valence-electron chi connectivity index (χ0n) is 15.1. The molecule has 0 saturated carbocycles. The number of ether oxygens (including phenoxy) is 2. The standard InChI is InChI=1S/C20H23NO4/c1-21(2)8-7-12-10-15(24-3)20(25-4)18-16(12)13(21)9-11-5-6-14(22)19(23)17(11)18/h5-6,10,13H,7-9H2,1-4H3,(H-,22,23)/p+1. The van der Waals surface area contributed by atoms with Crippen LogP contribution in [0.15, 0.2) is 18.2 Å². The van der Waals surface area contributed by atoms with Gasteiger partial charge in [-0.15, -0.1) is 0 Å². The molecule has 0 radical (unpaired) electrons. The van der Waals surface area contributed by atoms with Crippen molar-refractivity contribution in [2.45, 2.75) is 18.9 Å². The summed E-state index contributed by atoms with van der Waals surface area (Å²) in [5, 5.41) is 20.7. The van der Waals surface area contributed by atoms with Crippen molar-refractivity contribution < 1.29 is 24.2 Å². The van der Waals surface area contributed by atoms with E-state index in [-0.39, 0.29) is 17.5 Å². The van der Waals surface area contributed by atoms with Crippen LogP contribution in [0.2, 0.25) is 0 Å². The lowest BCUT2D eigenvalue weighted by atomic mass is 9.75. The number of phenolic OH excluding ortho intramolecular Hbond substituents is 2. The molecular formula is C20H24NO4+. The lowest BCUT2D eigenvalue weighted by Crippen LogP contribution is -2.49. The monoisotopic (exact) mass is 342 g/mol. The molecule has 1 aliphatic carbocycles. The fourth-order valence-corrected chi connectivity index (χ4v) is 4.44. The zero-order valence-corrected chi connectivity index (χ0v) is 15.1. The summed E-state index contributed by atoms with van der Waals surface area (Å²) < 4.78 is 12.2. The van der Waals surface area contributed by atoms with Crippen LogP contribution in [0.3, 0.4) is 0 Å². The topological polar surface area (TPSA) is 58.9 Å². The van der Waals surface area contributed by atoms with Gasteiger partial charge >= 0.3 is 0 Å². The third-order valence-corrected chi connectivity index (χ3v) is 5.84. The van der Waals surface area contributed by atoms with Crippen LogP contribution in [0.1, 0.15) is 22.7 Å². The molecule has 5 nitrogen and oxygen atoms in total. The Bertz CT molecular complexity index is 873. The van der Waals surface area contributed by atoms with E-state index in [1.54, 1.807) is 20.3 Å². The molecule has 1 aliphatic heterocycles. The molecule has 5 heteroatoms. The van der Waals surface area contributed by atoms with E-state index in [4.69, 9.17) is 9.47 Å². The first-order chi connectivity index (χ1) is 11.9. The molecule has 25 heavy (non-hydrogen) atoms. The molecule has 0 amide bonds. The maximum atomic E-state index is 10.6. The number of rotatable bonds is 2. The van der Waals surface area contributed by atoms with E-state index in [0.717, 1.165) is 35.0 Å². The van der Waals surface area contributed by atoms with Crippen LogP contribution >= 0.6 is 0 Å². The highest BCUT2D eigenvalue weighted by Crippen LogP contribution is 2.56. The molecule has 2 aliphatic rings. The third kappa shape index (κ3) is 2.12. The van der Waals surface area contributed by atoms with Crippen molar-refractivity contribution in [3.63, 3.8) is 0 Å². The van der Waals surface area contributed by atoms with Gasteiger partial charge in [-0.3, -0.25) is 0 Å². The number of fused-ring (bicyclic) bond motifs is 2. The maximum Gasteiger partial charge on any atom is 0.169 e. The summed E-state index contributed by atoms with van der Waals surface area (Å²) in [6, 6.07) is 5.82. The number of benzene rings is 2. The Morgan fingerprint density at radius 2 is 1.80 bits per heavy atom. The first-order valence-corrected chi connectivity index (χ1v) is 8.53. The average Bonchev–Trinajstić information content (AvgIpc) is 2.60. The number of phenols is 2. The minimum atomic E-state index is -0.111. The first kappa shape index (κ1) is 16.1. The van der Waals surface area contributed by atoms with Crippen molar-refractivity contribution in [2.24, 2.45) is 0 Å². The van der Waals surface area contributed by atoms with Gasteiger partial charge in [-0.2, -0.15) is 0 Å². The van der Waals surface area contributed by atoms with E-state index in [2.05, 4.69) is 20.2 Å². The van der Waals surface area contributed by atoms with E-state index in [1.165, 1.54) is 11.1 Å². The minimum absolute atomic E-state index is 0.0828.